The summed E-state index contributed by atoms with van der Waals surface area (Å²) in [4.78, 5) is 10.1. The topological polar surface area (TPSA) is 104 Å². The van der Waals surface area contributed by atoms with Gasteiger partial charge in [0.1, 0.15) is 10.6 Å². The molecule has 0 aliphatic rings. The number of nitrogens with zero attached hydrogens (tertiary/aromatic N) is 3. The highest BCUT2D eigenvalue weighted by Crippen LogP contribution is 2.28. The summed E-state index contributed by atoms with van der Waals surface area (Å²) in [5.74, 6) is 0.00269. The van der Waals surface area contributed by atoms with Crippen LogP contribution in [0, 0.1) is 24.0 Å². The minimum Gasteiger partial charge on any atom is -0.379 e. The van der Waals surface area contributed by atoms with Crippen LogP contribution in [0.25, 0.3) is 0 Å². The van der Waals surface area contributed by atoms with Crippen molar-refractivity contribution in [3.05, 3.63) is 45.8 Å². The Morgan fingerprint density at radius 3 is 2.12 bits per heavy atom. The zero-order valence-electron chi connectivity index (χ0n) is 14.1. The minimum absolute atomic E-state index is 0.00269. The molecule has 1 heterocycles. The molecule has 0 aliphatic heterocycles. The fraction of sp³-hybridized carbons (Fsp3) is 0.400. The summed E-state index contributed by atoms with van der Waals surface area (Å²) in [6.45, 7) is 9.01. The highest BCUT2D eigenvalue weighted by atomic mass is 32.2. The van der Waals surface area contributed by atoms with E-state index in [0.717, 1.165) is 0 Å². The zero-order valence-corrected chi connectivity index (χ0v) is 14.9. The Morgan fingerprint density at radius 2 is 1.71 bits per heavy atom. The summed E-state index contributed by atoms with van der Waals surface area (Å²) in [5.41, 5.74) is 0.287. The van der Waals surface area contributed by atoms with Crippen molar-refractivity contribution in [2.24, 2.45) is 0 Å². The van der Waals surface area contributed by atoms with E-state index in [2.05, 4.69) is 5.10 Å². The number of non-ortho nitro benzene ring substituents is 1. The number of rotatable bonds is 4. The van der Waals surface area contributed by atoms with E-state index in [1.807, 2.05) is 20.8 Å². The van der Waals surface area contributed by atoms with Gasteiger partial charge >= 0.3 is 10.1 Å². The number of hydrogen-bond donors (Lipinski definition) is 0. The molecule has 0 aliphatic carbocycles. The van der Waals surface area contributed by atoms with Gasteiger partial charge in [0.2, 0.25) is 0 Å². The van der Waals surface area contributed by atoms with Crippen LogP contribution in [-0.4, -0.2) is 23.1 Å². The van der Waals surface area contributed by atoms with Crippen molar-refractivity contribution in [2.45, 2.75) is 45.1 Å². The lowest BCUT2D eigenvalue weighted by Gasteiger charge is -2.21. The van der Waals surface area contributed by atoms with E-state index in [-0.39, 0.29) is 21.9 Å². The van der Waals surface area contributed by atoms with Crippen molar-refractivity contribution in [3.63, 3.8) is 0 Å². The van der Waals surface area contributed by atoms with Gasteiger partial charge in [-0.05, 0) is 46.8 Å². The maximum absolute atomic E-state index is 12.6. The van der Waals surface area contributed by atoms with Crippen molar-refractivity contribution in [1.82, 2.24) is 9.78 Å². The van der Waals surface area contributed by atoms with Crippen LogP contribution < -0.4 is 4.18 Å². The van der Waals surface area contributed by atoms with Crippen LogP contribution >= 0.6 is 0 Å². The van der Waals surface area contributed by atoms with Gasteiger partial charge in [-0.15, -0.1) is 0 Å². The maximum atomic E-state index is 12.6. The third-order valence-corrected chi connectivity index (χ3v) is 4.87. The van der Waals surface area contributed by atoms with E-state index >= 15 is 0 Å². The molecule has 8 nitrogen and oxygen atoms in total. The Hall–Kier alpha value is -2.42. The second kappa shape index (κ2) is 5.90. The second-order valence-electron chi connectivity index (χ2n) is 6.37. The number of nitro groups is 1. The summed E-state index contributed by atoms with van der Waals surface area (Å²) in [6.07, 6.45) is 0. The monoisotopic (exact) mass is 353 g/mol. The molecule has 2 rings (SSSR count). The first kappa shape index (κ1) is 17.9. The van der Waals surface area contributed by atoms with Gasteiger partial charge in [-0.3, -0.25) is 14.8 Å². The molecule has 0 spiro atoms. The molecule has 0 unspecified atom stereocenters. The third kappa shape index (κ3) is 3.40. The lowest BCUT2D eigenvalue weighted by atomic mass is 10.1. The van der Waals surface area contributed by atoms with Gasteiger partial charge in [-0.25, -0.2) is 0 Å². The Kier molecular flexibility index (Phi) is 4.40. The molecule has 1 aromatic heterocycles. The largest absolute Gasteiger partial charge is 0.379 e. The molecular weight excluding hydrogens is 334 g/mol. The average molecular weight is 353 g/mol. The number of aryl methyl sites for hydroxylation is 1. The van der Waals surface area contributed by atoms with Gasteiger partial charge in [0.15, 0.2) is 0 Å². The predicted octanol–water partition coefficient (Wildman–Crippen LogP) is 2.93. The van der Waals surface area contributed by atoms with Crippen molar-refractivity contribution in [2.75, 3.05) is 0 Å². The number of hydrogen-bond acceptors (Lipinski definition) is 6. The van der Waals surface area contributed by atoms with Crippen LogP contribution in [0.3, 0.4) is 0 Å². The highest BCUT2D eigenvalue weighted by molar-refractivity contribution is 7.87. The van der Waals surface area contributed by atoms with Crippen LogP contribution in [0.15, 0.2) is 29.2 Å². The summed E-state index contributed by atoms with van der Waals surface area (Å²) in [7, 11) is -4.10. The van der Waals surface area contributed by atoms with E-state index in [1.54, 1.807) is 18.5 Å². The number of benzene rings is 1. The smallest absolute Gasteiger partial charge is 0.342 e. The van der Waals surface area contributed by atoms with Gasteiger partial charge in [0.05, 0.1) is 21.9 Å². The van der Waals surface area contributed by atoms with Gasteiger partial charge in [0, 0.05) is 12.1 Å². The first-order valence-corrected chi connectivity index (χ1v) is 8.60. The van der Waals surface area contributed by atoms with Crippen LogP contribution in [0.1, 0.15) is 32.2 Å². The summed E-state index contributed by atoms with van der Waals surface area (Å²) < 4.78 is 31.9. The van der Waals surface area contributed by atoms with Crippen LogP contribution in [0.4, 0.5) is 5.69 Å². The number of nitro benzene ring substituents is 1. The summed E-state index contributed by atoms with van der Waals surface area (Å²) >= 11 is 0. The molecule has 0 saturated heterocycles. The van der Waals surface area contributed by atoms with Crippen molar-refractivity contribution in [1.29, 1.82) is 0 Å². The van der Waals surface area contributed by atoms with Crippen molar-refractivity contribution in [3.8, 4) is 5.75 Å². The lowest BCUT2D eigenvalue weighted by Crippen LogP contribution is -2.24. The van der Waals surface area contributed by atoms with E-state index in [4.69, 9.17) is 4.18 Å². The minimum atomic E-state index is -4.10. The first-order valence-electron chi connectivity index (χ1n) is 7.19. The van der Waals surface area contributed by atoms with E-state index in [1.165, 1.54) is 24.3 Å². The fourth-order valence-electron chi connectivity index (χ4n) is 2.44. The molecule has 0 N–H and O–H groups in total. The zero-order chi connectivity index (χ0) is 18.3. The molecule has 0 bridgehead atoms. The van der Waals surface area contributed by atoms with Crippen LogP contribution in [0.2, 0.25) is 0 Å². The van der Waals surface area contributed by atoms with Crippen molar-refractivity contribution < 1.29 is 17.5 Å². The van der Waals surface area contributed by atoms with E-state index < -0.39 is 15.0 Å². The highest BCUT2D eigenvalue weighted by Gasteiger charge is 2.30. The average Bonchev–Trinajstić information content (AvgIpc) is 2.74. The lowest BCUT2D eigenvalue weighted by molar-refractivity contribution is -0.384. The maximum Gasteiger partial charge on any atom is 0.342 e. The Labute approximate surface area is 140 Å². The van der Waals surface area contributed by atoms with Gasteiger partial charge in [0.25, 0.3) is 5.69 Å². The van der Waals surface area contributed by atoms with E-state index in [0.29, 0.717) is 11.4 Å². The summed E-state index contributed by atoms with van der Waals surface area (Å²) in [5, 5.41) is 14.9. The Balaban J connectivity index is 2.41. The SMILES string of the molecule is Cc1nn(C(C)(C)C)c(C)c1S(=O)(=O)Oc1ccc([N+](=O)[O-])cc1. The van der Waals surface area contributed by atoms with Gasteiger partial charge in [-0.1, -0.05) is 0 Å². The molecule has 1 aromatic carbocycles. The Bertz CT molecular complexity index is 877. The molecule has 9 heteroatoms. The summed E-state index contributed by atoms with van der Waals surface area (Å²) in [6, 6.07) is 4.86. The van der Waals surface area contributed by atoms with Crippen molar-refractivity contribution >= 4 is 15.8 Å². The van der Waals surface area contributed by atoms with E-state index in [9.17, 15) is 18.5 Å². The quantitative estimate of drug-likeness (QED) is 0.475. The molecule has 0 fully saturated rings. The normalized spacial score (nSPS) is 12.2. The van der Waals surface area contributed by atoms with Crippen LogP contribution in [0.5, 0.6) is 5.75 Å². The third-order valence-electron chi connectivity index (χ3n) is 3.36. The van der Waals surface area contributed by atoms with Crippen LogP contribution in [-0.2, 0) is 15.7 Å². The molecule has 0 atom stereocenters. The molecule has 130 valence electrons. The second-order valence-corrected chi connectivity index (χ2v) is 7.85. The molecule has 0 amide bonds. The molecular formula is C15H19N3O5S. The fourth-order valence-corrected chi connectivity index (χ4v) is 3.73. The molecule has 2 aromatic rings. The molecule has 0 radical (unpaired) electrons. The Morgan fingerprint density at radius 1 is 1.17 bits per heavy atom. The molecule has 0 saturated carbocycles. The van der Waals surface area contributed by atoms with Gasteiger partial charge < -0.3 is 4.18 Å². The van der Waals surface area contributed by atoms with Gasteiger partial charge in [-0.2, -0.15) is 13.5 Å². The molecule has 24 heavy (non-hydrogen) atoms. The first-order chi connectivity index (χ1) is 10.9. The predicted molar refractivity (Wildman–Crippen MR) is 87.6 cm³/mol. The standard InChI is InChI=1S/C15H19N3O5S/c1-10-14(11(2)17(16-10)15(3,4)5)24(21,22)23-13-8-6-12(7-9-13)18(19)20/h6-9H,1-5H3. The number of aromatic nitrogens is 2.